The van der Waals surface area contributed by atoms with Crippen molar-refractivity contribution in [3.05, 3.63) is 132 Å². The molecule has 0 saturated carbocycles. The van der Waals surface area contributed by atoms with Crippen molar-refractivity contribution < 1.29 is 28.5 Å². The van der Waals surface area contributed by atoms with Crippen LogP contribution in [-0.4, -0.2) is 50.2 Å². The van der Waals surface area contributed by atoms with Gasteiger partial charge in [0.25, 0.3) is 11.8 Å². The van der Waals surface area contributed by atoms with E-state index in [0.29, 0.717) is 78.7 Å². The minimum atomic E-state index is -0.368. The molecule has 10 heteroatoms. The number of aromatic nitrogens is 2. The first kappa shape index (κ1) is 33.6. The number of benzene rings is 5. The van der Waals surface area contributed by atoms with Crippen LogP contribution >= 0.6 is 0 Å². The largest absolute Gasteiger partial charge is 0.493 e. The van der Waals surface area contributed by atoms with Crippen molar-refractivity contribution in [3.63, 3.8) is 0 Å². The SMILES string of the molecule is COc1ccc(-c2cc(C(=O)Nc3ccccc3NC(=O)c3cc(-c4ccc(OC)c(OC)c4)nc4ccccc34)c3ccccc3n2)cc1OC. The Morgan fingerprint density at radius 1 is 0.462 bits per heavy atom. The summed E-state index contributed by atoms with van der Waals surface area (Å²) in [6.45, 7) is 0. The highest BCUT2D eigenvalue weighted by atomic mass is 16.5. The van der Waals surface area contributed by atoms with Crippen LogP contribution in [0.5, 0.6) is 23.0 Å². The lowest BCUT2D eigenvalue weighted by molar-refractivity contribution is 0.101. The minimum absolute atomic E-state index is 0.368. The summed E-state index contributed by atoms with van der Waals surface area (Å²) in [6.07, 6.45) is 0. The molecule has 258 valence electrons. The molecular formula is C42H34N4O6. The first-order valence-electron chi connectivity index (χ1n) is 16.4. The summed E-state index contributed by atoms with van der Waals surface area (Å²) < 4.78 is 21.8. The number of anilines is 2. The molecule has 0 atom stereocenters. The van der Waals surface area contributed by atoms with Gasteiger partial charge in [-0.15, -0.1) is 0 Å². The monoisotopic (exact) mass is 690 g/mol. The van der Waals surface area contributed by atoms with Crippen LogP contribution in [0, 0.1) is 0 Å². The Balaban J connectivity index is 1.22. The number of pyridine rings is 2. The Labute approximate surface area is 300 Å². The lowest BCUT2D eigenvalue weighted by atomic mass is 10.0. The zero-order valence-electron chi connectivity index (χ0n) is 28.9. The summed E-state index contributed by atoms with van der Waals surface area (Å²) in [4.78, 5) is 37.9. The van der Waals surface area contributed by atoms with Gasteiger partial charge in [-0.05, 0) is 72.8 Å². The average molecular weight is 691 g/mol. The normalized spacial score (nSPS) is 10.8. The Bertz CT molecular complexity index is 2310. The maximum atomic E-state index is 14.1. The van der Waals surface area contributed by atoms with Gasteiger partial charge in [-0.25, -0.2) is 9.97 Å². The molecule has 0 aliphatic rings. The molecule has 0 spiro atoms. The lowest BCUT2D eigenvalue weighted by Gasteiger charge is -2.16. The summed E-state index contributed by atoms with van der Waals surface area (Å²) in [7, 11) is 6.29. The summed E-state index contributed by atoms with van der Waals surface area (Å²) in [6, 6.07) is 36.4. The summed E-state index contributed by atoms with van der Waals surface area (Å²) >= 11 is 0. The van der Waals surface area contributed by atoms with Crippen LogP contribution in [-0.2, 0) is 0 Å². The molecule has 2 amide bonds. The van der Waals surface area contributed by atoms with Gasteiger partial charge in [0.2, 0.25) is 0 Å². The number of hydrogen-bond donors (Lipinski definition) is 2. The number of nitrogens with one attached hydrogen (secondary N) is 2. The standard InChI is InChI=1S/C42H34N4O6/c1-49-37-19-17-25(21-39(37)51-3)35-23-29(27-11-5-7-13-31(27)43-35)41(47)45-33-15-9-10-16-34(33)46-42(48)30-24-36(44-32-14-8-6-12-28(30)32)26-18-20-38(50-2)40(22-26)52-4/h5-24H,1-4H3,(H,45,47)(H,46,48). The number of carbonyl (C=O) groups is 2. The first-order chi connectivity index (χ1) is 25.4. The van der Waals surface area contributed by atoms with E-state index in [4.69, 9.17) is 28.9 Å². The van der Waals surface area contributed by atoms with Crippen molar-refractivity contribution in [3.8, 4) is 45.5 Å². The smallest absolute Gasteiger partial charge is 0.256 e. The number of rotatable bonds is 10. The van der Waals surface area contributed by atoms with Crippen molar-refractivity contribution in [2.75, 3.05) is 39.1 Å². The lowest BCUT2D eigenvalue weighted by Crippen LogP contribution is -2.17. The molecule has 0 fully saturated rings. The van der Waals surface area contributed by atoms with Crippen LogP contribution in [0.3, 0.4) is 0 Å². The molecular weight excluding hydrogens is 656 g/mol. The molecule has 10 nitrogen and oxygen atoms in total. The Morgan fingerprint density at radius 2 is 0.846 bits per heavy atom. The third-order valence-corrected chi connectivity index (χ3v) is 8.70. The number of para-hydroxylation sites is 4. The molecule has 0 saturated heterocycles. The van der Waals surface area contributed by atoms with Gasteiger partial charge in [-0.1, -0.05) is 48.5 Å². The first-order valence-corrected chi connectivity index (χ1v) is 16.4. The molecule has 0 bridgehead atoms. The van der Waals surface area contributed by atoms with Crippen LogP contribution in [0.4, 0.5) is 11.4 Å². The van der Waals surface area contributed by atoms with Crippen molar-refractivity contribution >= 4 is 45.0 Å². The maximum Gasteiger partial charge on any atom is 0.256 e. The van der Waals surface area contributed by atoms with E-state index in [1.165, 1.54) is 0 Å². The van der Waals surface area contributed by atoms with Crippen LogP contribution in [0.1, 0.15) is 20.7 Å². The van der Waals surface area contributed by atoms with Crippen LogP contribution in [0.15, 0.2) is 121 Å². The number of hydrogen-bond acceptors (Lipinski definition) is 8. The minimum Gasteiger partial charge on any atom is -0.493 e. The Kier molecular flexibility index (Phi) is 9.36. The highest BCUT2D eigenvalue weighted by Crippen LogP contribution is 2.35. The van der Waals surface area contributed by atoms with Gasteiger partial charge >= 0.3 is 0 Å². The van der Waals surface area contributed by atoms with E-state index >= 15 is 0 Å². The highest BCUT2D eigenvalue weighted by molar-refractivity contribution is 6.17. The second-order valence-corrected chi connectivity index (χ2v) is 11.7. The number of methoxy groups -OCH3 is 4. The van der Waals surface area contributed by atoms with Crippen molar-refractivity contribution in [2.45, 2.75) is 0 Å². The summed E-state index contributed by atoms with van der Waals surface area (Å²) in [5.74, 6) is 1.52. The van der Waals surface area contributed by atoms with Crippen LogP contribution < -0.4 is 29.6 Å². The van der Waals surface area contributed by atoms with Gasteiger partial charge in [-0.2, -0.15) is 0 Å². The molecule has 0 unspecified atom stereocenters. The van der Waals surface area contributed by atoms with E-state index in [2.05, 4.69) is 10.6 Å². The number of fused-ring (bicyclic) bond motifs is 2. The topological polar surface area (TPSA) is 121 Å². The van der Waals surface area contributed by atoms with E-state index in [0.717, 1.165) is 11.1 Å². The Morgan fingerprint density at radius 3 is 1.25 bits per heavy atom. The van der Waals surface area contributed by atoms with Gasteiger partial charge in [-0.3, -0.25) is 9.59 Å². The van der Waals surface area contributed by atoms with E-state index in [1.54, 1.807) is 77.0 Å². The maximum absolute atomic E-state index is 14.1. The predicted octanol–water partition coefficient (Wildman–Crippen LogP) is 8.66. The molecule has 2 N–H and O–H groups in total. The molecule has 2 heterocycles. The molecule has 0 aliphatic heterocycles. The third-order valence-electron chi connectivity index (χ3n) is 8.70. The summed E-state index contributed by atoms with van der Waals surface area (Å²) in [5, 5.41) is 7.41. The predicted molar refractivity (Wildman–Crippen MR) is 203 cm³/mol. The van der Waals surface area contributed by atoms with Gasteiger partial charge in [0, 0.05) is 21.9 Å². The van der Waals surface area contributed by atoms with Gasteiger partial charge in [0.1, 0.15) is 0 Å². The van der Waals surface area contributed by atoms with Crippen LogP contribution in [0.25, 0.3) is 44.3 Å². The van der Waals surface area contributed by atoms with E-state index in [1.807, 2.05) is 72.8 Å². The molecule has 0 radical (unpaired) electrons. The molecule has 2 aromatic heterocycles. The molecule has 0 aliphatic carbocycles. The second kappa shape index (κ2) is 14.5. The zero-order chi connectivity index (χ0) is 36.2. The fourth-order valence-corrected chi connectivity index (χ4v) is 6.09. The fourth-order valence-electron chi connectivity index (χ4n) is 6.09. The molecule has 7 aromatic rings. The molecule has 5 aromatic carbocycles. The zero-order valence-corrected chi connectivity index (χ0v) is 28.9. The number of carbonyl (C=O) groups excluding carboxylic acids is 2. The second-order valence-electron chi connectivity index (χ2n) is 11.7. The van der Waals surface area contributed by atoms with Gasteiger partial charge < -0.3 is 29.6 Å². The molecule has 7 rings (SSSR count). The van der Waals surface area contributed by atoms with Gasteiger partial charge in [0.15, 0.2) is 23.0 Å². The molecule has 52 heavy (non-hydrogen) atoms. The number of amides is 2. The number of nitrogens with zero attached hydrogens (tertiary/aromatic N) is 2. The number of ether oxygens (including phenoxy) is 4. The quantitative estimate of drug-likeness (QED) is 0.146. The van der Waals surface area contributed by atoms with E-state index in [-0.39, 0.29) is 11.8 Å². The average Bonchev–Trinajstić information content (AvgIpc) is 3.19. The summed E-state index contributed by atoms with van der Waals surface area (Å²) in [5.41, 5.74) is 5.65. The van der Waals surface area contributed by atoms with Crippen molar-refractivity contribution in [1.29, 1.82) is 0 Å². The van der Waals surface area contributed by atoms with E-state index in [9.17, 15) is 9.59 Å². The van der Waals surface area contributed by atoms with Crippen molar-refractivity contribution in [1.82, 2.24) is 9.97 Å². The van der Waals surface area contributed by atoms with Crippen LogP contribution in [0.2, 0.25) is 0 Å². The third kappa shape index (κ3) is 6.52. The fraction of sp³-hybridized carbons (Fsp3) is 0.0952. The van der Waals surface area contributed by atoms with Crippen molar-refractivity contribution in [2.24, 2.45) is 0 Å². The van der Waals surface area contributed by atoms with Gasteiger partial charge in [0.05, 0.1) is 73.4 Å². The Hall–Kier alpha value is -6.94. The van der Waals surface area contributed by atoms with E-state index < -0.39 is 0 Å². The highest BCUT2D eigenvalue weighted by Gasteiger charge is 2.20.